The molecule has 1 heterocycles. The number of hydrogen-bond donors (Lipinski definition) is 3. The van der Waals surface area contributed by atoms with Crippen molar-refractivity contribution in [1.82, 2.24) is 15.3 Å². The third kappa shape index (κ3) is 5.97. The summed E-state index contributed by atoms with van der Waals surface area (Å²) in [5, 5.41) is 22.2. The lowest BCUT2D eigenvalue weighted by atomic mass is 10.0. The highest BCUT2D eigenvalue weighted by Crippen LogP contribution is 2.19. The van der Waals surface area contributed by atoms with Gasteiger partial charge in [0.1, 0.15) is 0 Å². The number of carbonyl (C=O) groups is 1. The summed E-state index contributed by atoms with van der Waals surface area (Å²) < 4.78 is 0. The molecule has 1 unspecified atom stereocenters. The van der Waals surface area contributed by atoms with Crippen molar-refractivity contribution >= 4 is 18.1 Å². The van der Waals surface area contributed by atoms with Crippen LogP contribution in [0.1, 0.15) is 38.8 Å². The first-order valence-corrected chi connectivity index (χ1v) is 9.64. The number of rotatable bonds is 8. The molecule has 0 radical (unpaired) electrons. The number of aromatic nitrogens is 2. The molecule has 0 aliphatic rings. The van der Waals surface area contributed by atoms with Crippen LogP contribution in [0.3, 0.4) is 0 Å². The summed E-state index contributed by atoms with van der Waals surface area (Å²) in [6, 6.07) is 9.89. The van der Waals surface area contributed by atoms with E-state index in [1.807, 2.05) is 56.3 Å². The Morgan fingerprint density at radius 3 is 2.46 bits per heavy atom. The molecule has 150 valence electrons. The zero-order valence-electron chi connectivity index (χ0n) is 16.7. The summed E-state index contributed by atoms with van der Waals surface area (Å²) >= 11 is 0. The Hall–Kier alpha value is -2.57. The molecule has 0 fully saturated rings. The van der Waals surface area contributed by atoms with Gasteiger partial charge in [-0.25, -0.2) is 9.97 Å². The molecule has 2 aromatic rings. The van der Waals surface area contributed by atoms with Gasteiger partial charge in [0.15, 0.2) is 6.29 Å². The van der Waals surface area contributed by atoms with E-state index in [1.165, 1.54) is 0 Å². The Morgan fingerprint density at radius 1 is 1.14 bits per heavy atom. The van der Waals surface area contributed by atoms with Crippen LogP contribution in [0, 0.1) is 5.92 Å². The fourth-order valence-electron chi connectivity index (χ4n) is 2.99. The number of nitrogens with one attached hydrogen (secondary N) is 1. The molecule has 1 aromatic heterocycles. The maximum Gasteiger partial charge on any atom is 0.226 e. The van der Waals surface area contributed by atoms with Crippen molar-refractivity contribution in [2.45, 2.75) is 45.8 Å². The van der Waals surface area contributed by atoms with Gasteiger partial charge in [-0.15, -0.1) is 0 Å². The van der Waals surface area contributed by atoms with Gasteiger partial charge in [0.25, 0.3) is 0 Å². The Balaban J connectivity index is 2.50. The van der Waals surface area contributed by atoms with Crippen LogP contribution in [-0.4, -0.2) is 39.4 Å². The van der Waals surface area contributed by atoms with Gasteiger partial charge in [0.05, 0.1) is 28.0 Å². The highest BCUT2D eigenvalue weighted by molar-refractivity contribution is 5.83. The fourth-order valence-corrected chi connectivity index (χ4v) is 2.99. The highest BCUT2D eigenvalue weighted by atomic mass is 16.5. The molecule has 2 rings (SSSR count). The monoisotopic (exact) mass is 383 g/mol. The summed E-state index contributed by atoms with van der Waals surface area (Å²) in [5.74, 6) is -0.396. The van der Waals surface area contributed by atoms with E-state index in [9.17, 15) is 4.79 Å². The molecule has 0 aliphatic carbocycles. The van der Waals surface area contributed by atoms with E-state index in [0.29, 0.717) is 24.6 Å². The first-order valence-electron chi connectivity index (χ1n) is 9.64. The van der Waals surface area contributed by atoms with E-state index in [-0.39, 0.29) is 11.8 Å². The molecule has 28 heavy (non-hydrogen) atoms. The van der Waals surface area contributed by atoms with Gasteiger partial charge in [0, 0.05) is 12.6 Å². The molecule has 0 saturated carbocycles. The van der Waals surface area contributed by atoms with Crippen molar-refractivity contribution in [2.75, 3.05) is 7.05 Å². The standard InChI is InChI=1S/C22H29N3O3/c1-4-17-19(14-15(2)22(28)23-3)24-18(12-8-9-13-20(26)27)21(25-17)16-10-6-5-7-11-16/h4-7,10-11,14-15,20,26-27H,8-9,12-13H2,1-3H3,(H,23,28)/b17-4+,19-14+. The number of nitrogens with zero attached hydrogens (tertiary/aromatic N) is 2. The lowest BCUT2D eigenvalue weighted by molar-refractivity contribution is -0.122. The molecule has 0 saturated heterocycles. The number of unbranched alkanes of at least 4 members (excludes halogenated alkanes) is 1. The number of carbonyl (C=O) groups excluding carboxylic acids is 1. The third-order valence-electron chi connectivity index (χ3n) is 4.54. The van der Waals surface area contributed by atoms with Gasteiger partial charge < -0.3 is 15.5 Å². The Bertz CT molecular complexity index is 895. The van der Waals surface area contributed by atoms with Gasteiger partial charge in [-0.05, 0) is 38.7 Å². The lowest BCUT2D eigenvalue weighted by Crippen LogP contribution is -2.36. The van der Waals surface area contributed by atoms with Gasteiger partial charge in [-0.1, -0.05) is 43.3 Å². The Labute approximate surface area is 165 Å². The molecule has 3 N–H and O–H groups in total. The quantitative estimate of drug-likeness (QED) is 0.469. The van der Waals surface area contributed by atoms with E-state index < -0.39 is 6.29 Å². The number of amides is 1. The van der Waals surface area contributed by atoms with E-state index >= 15 is 0 Å². The first kappa shape index (κ1) is 21.7. The number of aliphatic hydroxyl groups is 2. The van der Waals surface area contributed by atoms with Crippen LogP contribution < -0.4 is 16.0 Å². The van der Waals surface area contributed by atoms with Crippen LogP contribution >= 0.6 is 0 Å². The Kier molecular flexibility index (Phi) is 8.29. The van der Waals surface area contributed by atoms with Gasteiger partial charge >= 0.3 is 0 Å². The molecule has 1 aromatic carbocycles. The van der Waals surface area contributed by atoms with Crippen molar-refractivity contribution in [3.8, 4) is 11.3 Å². The number of aliphatic hydroxyl groups excluding tert-OH is 1. The van der Waals surface area contributed by atoms with Crippen LogP contribution in [0.25, 0.3) is 23.4 Å². The molecular weight excluding hydrogens is 354 g/mol. The SMILES string of the molecule is C/C=c1/nc(-c2ccccc2)c(CCCCC(O)O)n/c1=C/C(C)C(=O)NC. The topological polar surface area (TPSA) is 95.3 Å². The lowest BCUT2D eigenvalue weighted by Gasteiger charge is -2.10. The second-order valence-corrected chi connectivity index (χ2v) is 6.74. The maximum atomic E-state index is 11.9. The van der Waals surface area contributed by atoms with E-state index in [4.69, 9.17) is 20.2 Å². The summed E-state index contributed by atoms with van der Waals surface area (Å²) in [6.07, 6.45) is 4.90. The van der Waals surface area contributed by atoms with Crippen LogP contribution in [0.2, 0.25) is 0 Å². The zero-order valence-corrected chi connectivity index (χ0v) is 16.7. The van der Waals surface area contributed by atoms with E-state index in [1.54, 1.807) is 7.05 Å². The van der Waals surface area contributed by atoms with E-state index in [2.05, 4.69) is 5.32 Å². The second kappa shape index (κ2) is 10.7. The molecule has 0 bridgehead atoms. The smallest absolute Gasteiger partial charge is 0.226 e. The van der Waals surface area contributed by atoms with Crippen molar-refractivity contribution in [3.05, 3.63) is 46.7 Å². The van der Waals surface area contributed by atoms with Gasteiger partial charge in [-0.2, -0.15) is 0 Å². The van der Waals surface area contributed by atoms with Crippen LogP contribution in [-0.2, 0) is 11.2 Å². The summed E-state index contributed by atoms with van der Waals surface area (Å²) in [5.41, 5.74) is 2.66. The highest BCUT2D eigenvalue weighted by Gasteiger charge is 2.12. The first-order chi connectivity index (χ1) is 13.5. The predicted molar refractivity (Wildman–Crippen MR) is 110 cm³/mol. The molecule has 6 heteroatoms. The Morgan fingerprint density at radius 2 is 1.86 bits per heavy atom. The largest absolute Gasteiger partial charge is 0.368 e. The molecule has 0 spiro atoms. The number of hydrogen-bond acceptors (Lipinski definition) is 5. The summed E-state index contributed by atoms with van der Waals surface area (Å²) in [6.45, 7) is 3.73. The molecule has 1 atom stereocenters. The fraction of sp³-hybridized carbons (Fsp3) is 0.409. The summed E-state index contributed by atoms with van der Waals surface area (Å²) in [7, 11) is 1.62. The normalized spacial score (nSPS) is 13.8. The van der Waals surface area contributed by atoms with Crippen molar-refractivity contribution in [1.29, 1.82) is 0 Å². The van der Waals surface area contributed by atoms with Gasteiger partial charge in [0.2, 0.25) is 5.91 Å². The molecule has 1 amide bonds. The summed E-state index contributed by atoms with van der Waals surface area (Å²) in [4.78, 5) is 21.6. The predicted octanol–water partition coefficient (Wildman–Crippen LogP) is 1.13. The van der Waals surface area contributed by atoms with Crippen molar-refractivity contribution in [3.63, 3.8) is 0 Å². The minimum absolute atomic E-state index is 0.0746. The maximum absolute atomic E-state index is 11.9. The second-order valence-electron chi connectivity index (χ2n) is 6.74. The molecule has 0 aliphatic heterocycles. The van der Waals surface area contributed by atoms with E-state index in [0.717, 1.165) is 28.7 Å². The van der Waals surface area contributed by atoms with Crippen molar-refractivity contribution in [2.24, 2.45) is 5.92 Å². The number of benzene rings is 1. The third-order valence-corrected chi connectivity index (χ3v) is 4.54. The van der Waals surface area contributed by atoms with Crippen LogP contribution in [0.5, 0.6) is 0 Å². The molecule has 6 nitrogen and oxygen atoms in total. The minimum Gasteiger partial charge on any atom is -0.368 e. The average Bonchev–Trinajstić information content (AvgIpc) is 2.71. The zero-order chi connectivity index (χ0) is 20.5. The molecular formula is C22H29N3O3. The van der Waals surface area contributed by atoms with Crippen LogP contribution in [0.15, 0.2) is 30.3 Å². The average molecular weight is 383 g/mol. The number of aryl methyl sites for hydroxylation is 1. The van der Waals surface area contributed by atoms with Gasteiger partial charge in [-0.3, -0.25) is 4.79 Å². The van der Waals surface area contributed by atoms with Crippen LogP contribution in [0.4, 0.5) is 0 Å². The van der Waals surface area contributed by atoms with Crippen molar-refractivity contribution < 1.29 is 15.0 Å². The minimum atomic E-state index is -1.28.